The maximum atomic E-state index is 9.73. The molecule has 0 atom stereocenters. The molecule has 696 valence electrons. The maximum absolute atomic E-state index is 9.73. The summed E-state index contributed by atoms with van der Waals surface area (Å²) in [6, 6.07) is 174. The molecule has 0 fully saturated rings. The summed E-state index contributed by atoms with van der Waals surface area (Å²) in [6.07, 6.45) is 1.47. The fourth-order valence-corrected chi connectivity index (χ4v) is 27.4. The van der Waals surface area contributed by atoms with Crippen molar-refractivity contribution < 1.29 is 62.9 Å². The molecule has 0 saturated heterocycles. The number of alkyl halides is 1. The molecule has 0 radical (unpaired) electrons. The Hall–Kier alpha value is -14.1. The third-order valence-electron chi connectivity index (χ3n) is 28.3. The van der Waals surface area contributed by atoms with Crippen LogP contribution in [0.15, 0.2) is 494 Å². The minimum Gasteiger partial charge on any atom is -1.00 e. The van der Waals surface area contributed by atoms with Crippen molar-refractivity contribution in [2.45, 2.75) is 0 Å². The van der Waals surface area contributed by atoms with Crippen molar-refractivity contribution in [3.63, 3.8) is 0 Å². The van der Waals surface area contributed by atoms with Crippen molar-refractivity contribution >= 4 is 297 Å². The van der Waals surface area contributed by atoms with E-state index < -0.39 is 7.12 Å². The number of halogens is 3. The first-order valence-electron chi connectivity index (χ1n) is 48.5. The van der Waals surface area contributed by atoms with Gasteiger partial charge in [-0.2, -0.15) is 0 Å². The summed E-state index contributed by atoms with van der Waals surface area (Å²) in [5, 5.41) is 42.7. The van der Waals surface area contributed by atoms with Crippen LogP contribution in [0.4, 0.5) is 17.1 Å². The number of benzene rings is 22. The van der Waals surface area contributed by atoms with Crippen LogP contribution in [-0.2, 0) is 0 Å². The van der Waals surface area contributed by atoms with Crippen LogP contribution in [0.3, 0.4) is 0 Å². The molecule has 7 nitrogen and oxygen atoms in total. The van der Waals surface area contributed by atoms with E-state index in [2.05, 4.69) is 516 Å². The number of aromatic nitrogens is 4. The Balaban J connectivity index is 0.000000109. The van der Waals surface area contributed by atoms with Gasteiger partial charge in [0.05, 0.1) is 49.8 Å². The van der Waals surface area contributed by atoms with Crippen LogP contribution in [0.1, 0.15) is 1.43 Å². The van der Waals surface area contributed by atoms with Gasteiger partial charge in [0.1, 0.15) is 0 Å². The zero-order valence-electron chi connectivity index (χ0n) is 80.7. The molecule has 8 heterocycles. The SMILES string of the molecule is Brc1ccc(-c2ccc3c4c5sc6ccccc6c5ccc4n(-c4ccccc4)c3c2)cc1.Brc1ccc2c3c4sc5ccccc5c4ccc3n(-c3ccccc3)c2c1.CCl.OB(O)c1ccc2c3c4sc5ccccc5c4ccc3n(-c3ccccc3)c2c1.[H-].[K+].c1ccc(-c2ccc(N(c3ccc(-c4ccc5c6c7sc8ccccc8c7ccc6n(-c6ccccc6)c5c4)cc3)c3cccc4ccccc34)cc2)cc1. The number of thiophene rings is 4. The van der Waals surface area contributed by atoms with E-state index in [-0.39, 0.29) is 52.8 Å². The third-order valence-corrected chi connectivity index (χ3v) is 34.2. The van der Waals surface area contributed by atoms with Crippen LogP contribution in [0.25, 0.3) is 235 Å². The van der Waals surface area contributed by atoms with Gasteiger partial charge in [-0.15, -0.1) is 56.9 Å². The Morgan fingerprint density at radius 3 is 0.878 bits per heavy atom. The zero-order chi connectivity index (χ0) is 97.7. The summed E-state index contributed by atoms with van der Waals surface area (Å²) in [5.41, 5.74) is 25.2. The predicted molar refractivity (Wildman–Crippen MR) is 641 cm³/mol. The Morgan fingerprint density at radius 1 is 0.231 bits per heavy atom. The summed E-state index contributed by atoms with van der Waals surface area (Å²) in [6.45, 7) is 0. The van der Waals surface area contributed by atoms with Gasteiger partial charge in [-0.25, -0.2) is 0 Å². The Bertz CT molecular complexity index is 10300. The minimum absolute atomic E-state index is 0. The Kier molecular flexibility index (Phi) is 25.5. The van der Waals surface area contributed by atoms with Crippen molar-refractivity contribution in [2.75, 3.05) is 11.3 Å². The maximum Gasteiger partial charge on any atom is 1.00 e. The van der Waals surface area contributed by atoms with Gasteiger partial charge in [0.15, 0.2) is 0 Å². The van der Waals surface area contributed by atoms with Crippen LogP contribution in [-0.4, -0.2) is 41.8 Å². The Morgan fingerprint density at radius 2 is 0.503 bits per heavy atom. The van der Waals surface area contributed by atoms with Gasteiger partial charge in [0.25, 0.3) is 0 Å². The second-order valence-corrected chi connectivity index (χ2v) is 42.5. The summed E-state index contributed by atoms with van der Waals surface area (Å²) in [5.74, 6) is 0. The van der Waals surface area contributed by atoms with E-state index in [1.807, 2.05) is 75.7 Å². The number of hydrogen-bond acceptors (Lipinski definition) is 7. The van der Waals surface area contributed by atoms with Crippen molar-refractivity contribution in [3.05, 3.63) is 494 Å². The normalized spacial score (nSPS) is 11.6. The van der Waals surface area contributed by atoms with Gasteiger partial charge in [0, 0.05) is 179 Å². The second kappa shape index (κ2) is 39.9. The quantitative estimate of drug-likeness (QED) is 0.100. The smallest absolute Gasteiger partial charge is 1.00 e. The van der Waals surface area contributed by atoms with Gasteiger partial charge in [0.2, 0.25) is 0 Å². The fourth-order valence-electron chi connectivity index (χ4n) is 21.8. The van der Waals surface area contributed by atoms with E-state index in [4.69, 9.17) is 0 Å². The molecule has 16 heteroatoms. The zero-order valence-corrected chi connectivity index (χ0v) is 90.0. The molecular formula is C131H86BBr2ClKN5O2S4. The van der Waals surface area contributed by atoms with Gasteiger partial charge >= 0.3 is 58.5 Å². The number of anilines is 3. The largest absolute Gasteiger partial charge is 1.00 e. The molecule has 0 unspecified atom stereocenters. The van der Waals surface area contributed by atoms with Crippen LogP contribution in [0.5, 0.6) is 0 Å². The third kappa shape index (κ3) is 16.7. The molecule has 0 amide bonds. The van der Waals surface area contributed by atoms with Gasteiger partial charge in [-0.05, 0) is 214 Å². The first-order chi connectivity index (χ1) is 72.1. The van der Waals surface area contributed by atoms with E-state index in [9.17, 15) is 10.0 Å². The number of para-hydroxylation sites is 4. The summed E-state index contributed by atoms with van der Waals surface area (Å²) in [7, 11) is -1.49. The molecule has 30 rings (SSSR count). The molecule has 0 saturated carbocycles. The summed E-state index contributed by atoms with van der Waals surface area (Å²) in [4.78, 5) is 2.38. The van der Waals surface area contributed by atoms with Crippen molar-refractivity contribution in [2.24, 2.45) is 0 Å². The summed E-state index contributed by atoms with van der Waals surface area (Å²) < 4.78 is 22.3. The fraction of sp³-hybridized carbons (Fsp3) is 0.00763. The molecule has 0 bridgehead atoms. The first kappa shape index (κ1) is 93.9. The average Bonchev–Trinajstić information content (AvgIpc) is 1.56. The molecule has 0 spiro atoms. The van der Waals surface area contributed by atoms with E-state index in [0.717, 1.165) is 48.1 Å². The molecule has 147 heavy (non-hydrogen) atoms. The summed E-state index contributed by atoms with van der Waals surface area (Å²) >= 11 is 19.4. The molecule has 2 N–H and O–H groups in total. The van der Waals surface area contributed by atoms with Gasteiger partial charge in [-0.1, -0.05) is 347 Å². The van der Waals surface area contributed by atoms with E-state index in [0.29, 0.717) is 5.46 Å². The second-order valence-electron chi connectivity index (χ2n) is 36.5. The number of nitrogens with zero attached hydrogens (tertiary/aromatic N) is 5. The van der Waals surface area contributed by atoms with Crippen molar-refractivity contribution in [3.8, 4) is 56.1 Å². The standard InChI is InChI=1S/C52H34N2S.C30H18BrNS.C24H16BNO2S.C24H14BrNS.CH3Cl.K.H/c1-3-12-35(13-4-1)36-22-27-41(28-23-36)53(47-20-11-15-38-14-7-8-18-43(38)47)42-29-24-37(25-30-42)39-26-31-46-49(34-39)54(40-16-5-2-6-17-40)48-33-32-45-44-19-9-10-21-50(44)55-52(45)51(46)48;31-21-13-10-19(11-14-21)20-12-15-25-27(18-20)32(22-6-2-1-3-7-22)26-17-16-24-23-8-4-5-9-28(23)33-30(24)29(25)26;27-25(28)15-10-11-19-21(14-15)26(16-6-2-1-3-7-16)20-13-12-18-17-8-4-5-9-22(17)29-24(18)23(19)20;25-15-10-11-19-21(14-15)26(16-6-2-1-3-7-16)20-13-12-18-17-8-4-5-9-22(17)27-24(18)23(19)20;1-2;;/h1-34H;1-18H;1-14,27-28H;1-14H;1H3;;/q;;;;;+1;-1. The van der Waals surface area contributed by atoms with Crippen LogP contribution in [0.2, 0.25) is 0 Å². The average molecular weight is 2140 g/mol. The van der Waals surface area contributed by atoms with Crippen LogP contribution >= 0.6 is 88.8 Å². The van der Waals surface area contributed by atoms with Gasteiger partial charge < -0.3 is 34.6 Å². The van der Waals surface area contributed by atoms with Crippen LogP contribution in [0, 0.1) is 0 Å². The van der Waals surface area contributed by atoms with E-state index in [1.54, 1.807) is 6.07 Å². The molecular weight excluding hydrogens is 2050 g/mol. The number of hydrogen-bond donors (Lipinski definition) is 2. The van der Waals surface area contributed by atoms with E-state index >= 15 is 0 Å². The van der Waals surface area contributed by atoms with Crippen molar-refractivity contribution in [1.29, 1.82) is 0 Å². The van der Waals surface area contributed by atoms with E-state index in [1.165, 1.54) is 219 Å². The predicted octanol–water partition coefficient (Wildman–Crippen LogP) is 35.4. The number of fused-ring (bicyclic) bond motifs is 29. The molecule has 8 aromatic heterocycles. The topological polar surface area (TPSA) is 63.4 Å². The van der Waals surface area contributed by atoms with Gasteiger partial charge in [-0.3, -0.25) is 0 Å². The minimum atomic E-state index is -1.49. The number of rotatable bonds is 11. The first-order valence-corrected chi connectivity index (χ1v) is 54.1. The molecule has 22 aromatic carbocycles. The molecule has 0 aliphatic carbocycles. The van der Waals surface area contributed by atoms with Crippen molar-refractivity contribution in [1.82, 2.24) is 18.3 Å². The molecule has 0 aliphatic rings. The molecule has 0 aliphatic heterocycles. The monoisotopic (exact) mass is 2130 g/mol. The van der Waals surface area contributed by atoms with Crippen LogP contribution < -0.4 is 61.7 Å². The Labute approximate surface area is 929 Å². The molecule has 30 aromatic rings.